The SMILES string of the molecule is CCCCNC(=O)Oc1c(OCCC)cc(OCCC)c2ccccc12. The molecule has 0 saturated carbocycles. The molecule has 0 aliphatic carbocycles. The van der Waals surface area contributed by atoms with Crippen molar-refractivity contribution in [2.45, 2.75) is 46.5 Å². The fourth-order valence-corrected chi connectivity index (χ4v) is 2.54. The van der Waals surface area contributed by atoms with E-state index in [-0.39, 0.29) is 0 Å². The zero-order valence-corrected chi connectivity index (χ0v) is 16.0. The maximum Gasteiger partial charge on any atom is 0.412 e. The average Bonchev–Trinajstić information content (AvgIpc) is 2.66. The lowest BCUT2D eigenvalue weighted by Crippen LogP contribution is -2.27. The van der Waals surface area contributed by atoms with Crippen LogP contribution in [0.15, 0.2) is 30.3 Å². The highest BCUT2D eigenvalue weighted by atomic mass is 16.6. The number of unbranched alkanes of at least 4 members (excludes halogenated alkanes) is 1. The van der Waals surface area contributed by atoms with Crippen LogP contribution in [0.25, 0.3) is 10.8 Å². The Morgan fingerprint density at radius 2 is 1.58 bits per heavy atom. The molecule has 2 aromatic carbocycles. The number of ether oxygens (including phenoxy) is 3. The molecular weight excluding hydrogens is 330 g/mol. The Balaban J connectivity index is 2.39. The largest absolute Gasteiger partial charge is 0.493 e. The van der Waals surface area contributed by atoms with E-state index in [9.17, 15) is 4.79 Å². The van der Waals surface area contributed by atoms with Crippen molar-refractivity contribution in [2.24, 2.45) is 0 Å². The Labute approximate surface area is 155 Å². The van der Waals surface area contributed by atoms with Crippen LogP contribution in [0.4, 0.5) is 4.79 Å². The number of rotatable bonds is 10. The van der Waals surface area contributed by atoms with E-state index in [0.717, 1.165) is 42.2 Å². The molecule has 2 aromatic rings. The van der Waals surface area contributed by atoms with Gasteiger partial charge in [-0.3, -0.25) is 0 Å². The van der Waals surface area contributed by atoms with E-state index in [0.29, 0.717) is 31.3 Å². The van der Waals surface area contributed by atoms with Crippen LogP contribution >= 0.6 is 0 Å². The summed E-state index contributed by atoms with van der Waals surface area (Å²) in [5, 5.41) is 4.49. The van der Waals surface area contributed by atoms with E-state index in [1.165, 1.54) is 0 Å². The number of hydrogen-bond donors (Lipinski definition) is 1. The third kappa shape index (κ3) is 5.28. The number of carbonyl (C=O) groups excluding carboxylic acids is 1. The first-order valence-electron chi connectivity index (χ1n) is 9.48. The minimum absolute atomic E-state index is 0.437. The first-order valence-corrected chi connectivity index (χ1v) is 9.48. The van der Waals surface area contributed by atoms with Gasteiger partial charge in [0.25, 0.3) is 0 Å². The van der Waals surface area contributed by atoms with Gasteiger partial charge in [-0.15, -0.1) is 0 Å². The lowest BCUT2D eigenvalue weighted by Gasteiger charge is -2.17. The fourth-order valence-electron chi connectivity index (χ4n) is 2.54. The molecular formula is C21H29NO4. The van der Waals surface area contributed by atoms with Crippen molar-refractivity contribution in [3.05, 3.63) is 30.3 Å². The first-order chi connectivity index (χ1) is 12.7. The molecule has 5 nitrogen and oxygen atoms in total. The second-order valence-electron chi connectivity index (χ2n) is 6.11. The number of fused-ring (bicyclic) bond motifs is 1. The molecule has 5 heteroatoms. The second-order valence-corrected chi connectivity index (χ2v) is 6.11. The summed E-state index contributed by atoms with van der Waals surface area (Å²) in [4.78, 5) is 12.2. The molecule has 0 aromatic heterocycles. The van der Waals surface area contributed by atoms with Crippen molar-refractivity contribution in [1.29, 1.82) is 0 Å². The van der Waals surface area contributed by atoms with Gasteiger partial charge in [-0.05, 0) is 19.3 Å². The molecule has 0 atom stereocenters. The molecule has 0 unspecified atom stereocenters. The molecule has 0 aliphatic rings. The summed E-state index contributed by atoms with van der Waals surface area (Å²) in [5.74, 6) is 1.71. The van der Waals surface area contributed by atoms with Crippen molar-refractivity contribution in [3.63, 3.8) is 0 Å². The monoisotopic (exact) mass is 359 g/mol. The third-order valence-electron chi connectivity index (χ3n) is 3.84. The van der Waals surface area contributed by atoms with Crippen LogP contribution < -0.4 is 19.5 Å². The number of hydrogen-bond acceptors (Lipinski definition) is 4. The molecule has 0 heterocycles. The predicted octanol–water partition coefficient (Wildman–Crippen LogP) is 5.31. The molecule has 142 valence electrons. The van der Waals surface area contributed by atoms with Crippen molar-refractivity contribution in [2.75, 3.05) is 19.8 Å². The van der Waals surface area contributed by atoms with Gasteiger partial charge in [0.2, 0.25) is 0 Å². The quantitative estimate of drug-likeness (QED) is 0.584. The summed E-state index contributed by atoms with van der Waals surface area (Å²) in [7, 11) is 0. The predicted molar refractivity (Wildman–Crippen MR) is 104 cm³/mol. The van der Waals surface area contributed by atoms with Crippen LogP contribution in [-0.4, -0.2) is 25.9 Å². The van der Waals surface area contributed by atoms with Crippen molar-refractivity contribution >= 4 is 16.9 Å². The van der Waals surface area contributed by atoms with Crippen LogP contribution in [0.3, 0.4) is 0 Å². The van der Waals surface area contributed by atoms with Gasteiger partial charge >= 0.3 is 6.09 Å². The minimum atomic E-state index is -0.466. The van der Waals surface area contributed by atoms with Crippen LogP contribution in [0.1, 0.15) is 46.5 Å². The van der Waals surface area contributed by atoms with E-state index in [4.69, 9.17) is 14.2 Å². The van der Waals surface area contributed by atoms with Crippen LogP contribution in [-0.2, 0) is 0 Å². The molecule has 2 rings (SSSR count). The van der Waals surface area contributed by atoms with Crippen LogP contribution in [0.5, 0.6) is 17.2 Å². The number of amides is 1. The number of nitrogens with one attached hydrogen (secondary N) is 1. The van der Waals surface area contributed by atoms with Gasteiger partial charge in [-0.25, -0.2) is 4.79 Å². The summed E-state index contributed by atoms with van der Waals surface area (Å²) < 4.78 is 17.4. The summed E-state index contributed by atoms with van der Waals surface area (Å²) in [6.07, 6.45) is 3.24. The molecule has 1 N–H and O–H groups in total. The summed E-state index contributed by atoms with van der Waals surface area (Å²) in [6.45, 7) is 7.93. The molecule has 1 amide bonds. The number of carbonyl (C=O) groups is 1. The molecule has 0 aliphatic heterocycles. The molecule has 0 saturated heterocycles. The average molecular weight is 359 g/mol. The van der Waals surface area contributed by atoms with Gasteiger partial charge < -0.3 is 19.5 Å². The van der Waals surface area contributed by atoms with Gasteiger partial charge in [0.05, 0.1) is 13.2 Å². The van der Waals surface area contributed by atoms with Crippen LogP contribution in [0.2, 0.25) is 0 Å². The topological polar surface area (TPSA) is 56.8 Å². The molecule has 0 fully saturated rings. The second kappa shape index (κ2) is 10.5. The summed E-state index contributed by atoms with van der Waals surface area (Å²) >= 11 is 0. The lowest BCUT2D eigenvalue weighted by atomic mass is 10.1. The Kier molecular flexibility index (Phi) is 8.06. The van der Waals surface area contributed by atoms with E-state index < -0.39 is 6.09 Å². The highest BCUT2D eigenvalue weighted by Crippen LogP contribution is 2.41. The van der Waals surface area contributed by atoms with E-state index >= 15 is 0 Å². The summed E-state index contributed by atoms with van der Waals surface area (Å²) in [5.41, 5.74) is 0. The molecule has 0 spiro atoms. The third-order valence-corrected chi connectivity index (χ3v) is 3.84. The highest BCUT2D eigenvalue weighted by Gasteiger charge is 2.18. The van der Waals surface area contributed by atoms with E-state index in [2.05, 4.69) is 19.2 Å². The molecule has 0 radical (unpaired) electrons. The van der Waals surface area contributed by atoms with Gasteiger partial charge in [0, 0.05) is 23.4 Å². The molecule has 0 bridgehead atoms. The van der Waals surface area contributed by atoms with Crippen molar-refractivity contribution in [1.82, 2.24) is 5.32 Å². The van der Waals surface area contributed by atoms with Crippen molar-refractivity contribution in [3.8, 4) is 17.2 Å². The minimum Gasteiger partial charge on any atom is -0.493 e. The number of benzene rings is 2. The molecule has 26 heavy (non-hydrogen) atoms. The Morgan fingerprint density at radius 3 is 2.23 bits per heavy atom. The Hall–Kier alpha value is -2.43. The van der Waals surface area contributed by atoms with Gasteiger partial charge in [-0.1, -0.05) is 51.5 Å². The zero-order chi connectivity index (χ0) is 18.8. The zero-order valence-electron chi connectivity index (χ0n) is 16.0. The Bertz CT molecular complexity index is 714. The first kappa shape index (κ1) is 19.9. The van der Waals surface area contributed by atoms with Gasteiger partial charge in [0.15, 0.2) is 11.5 Å². The Morgan fingerprint density at radius 1 is 0.923 bits per heavy atom. The maximum absolute atomic E-state index is 12.2. The maximum atomic E-state index is 12.2. The fraction of sp³-hybridized carbons (Fsp3) is 0.476. The van der Waals surface area contributed by atoms with E-state index in [1.54, 1.807) is 0 Å². The van der Waals surface area contributed by atoms with E-state index in [1.807, 2.05) is 37.3 Å². The van der Waals surface area contributed by atoms with Gasteiger partial charge in [-0.2, -0.15) is 0 Å². The lowest BCUT2D eigenvalue weighted by molar-refractivity contribution is 0.197. The van der Waals surface area contributed by atoms with Crippen LogP contribution in [0, 0.1) is 0 Å². The van der Waals surface area contributed by atoms with Crippen molar-refractivity contribution < 1.29 is 19.0 Å². The van der Waals surface area contributed by atoms with Gasteiger partial charge in [0.1, 0.15) is 5.75 Å². The highest BCUT2D eigenvalue weighted by molar-refractivity contribution is 5.97. The normalized spacial score (nSPS) is 10.6. The standard InChI is InChI=1S/C21H29NO4/c1-4-7-12-22-21(23)26-20-17-11-9-8-10-16(17)18(24-13-5-2)15-19(20)25-14-6-3/h8-11,15H,4-7,12-14H2,1-3H3,(H,22,23). The summed E-state index contributed by atoms with van der Waals surface area (Å²) in [6, 6.07) is 9.56. The smallest absolute Gasteiger partial charge is 0.412 e.